The van der Waals surface area contributed by atoms with Crippen molar-refractivity contribution in [2.45, 2.75) is 31.7 Å². The lowest BCUT2D eigenvalue weighted by molar-refractivity contribution is -0.122. The molecule has 5 nitrogen and oxygen atoms in total. The highest BCUT2D eigenvalue weighted by molar-refractivity contribution is 5.76. The number of hydrogen-bond donors (Lipinski definition) is 1. The Kier molecular flexibility index (Phi) is 6.07. The highest BCUT2D eigenvalue weighted by Crippen LogP contribution is 2.27. The molecule has 0 spiro atoms. The Morgan fingerprint density at radius 1 is 1.23 bits per heavy atom. The number of piperidine rings is 1. The van der Waals surface area contributed by atoms with E-state index >= 15 is 0 Å². The number of likely N-dealkylation sites (tertiary alicyclic amines) is 1. The number of hydrogen-bond acceptors (Lipinski definition) is 4. The molecule has 22 heavy (non-hydrogen) atoms. The van der Waals surface area contributed by atoms with Crippen LogP contribution in [0.15, 0.2) is 18.2 Å². The number of carbonyl (C=O) groups is 1. The van der Waals surface area contributed by atoms with Crippen LogP contribution in [0, 0.1) is 0 Å². The molecular formula is C17H26N2O3. The molecule has 1 heterocycles. The zero-order chi connectivity index (χ0) is 15.9. The molecule has 0 saturated carbocycles. The fraction of sp³-hybridized carbons (Fsp3) is 0.588. The Hall–Kier alpha value is -1.75. The number of ether oxygens (including phenoxy) is 2. The third kappa shape index (κ3) is 4.63. The van der Waals surface area contributed by atoms with Crippen LogP contribution in [-0.2, 0) is 11.2 Å². The van der Waals surface area contributed by atoms with Crippen LogP contribution in [0.2, 0.25) is 0 Å². The van der Waals surface area contributed by atoms with E-state index < -0.39 is 0 Å². The van der Waals surface area contributed by atoms with Crippen LogP contribution in [0.4, 0.5) is 0 Å². The molecule has 0 aliphatic carbocycles. The van der Waals surface area contributed by atoms with Crippen molar-refractivity contribution in [3.8, 4) is 11.5 Å². The minimum absolute atomic E-state index is 0.129. The number of amides is 1. The van der Waals surface area contributed by atoms with Crippen molar-refractivity contribution >= 4 is 5.91 Å². The van der Waals surface area contributed by atoms with E-state index in [4.69, 9.17) is 9.47 Å². The molecule has 1 fully saturated rings. The second-order valence-corrected chi connectivity index (χ2v) is 5.83. The van der Waals surface area contributed by atoms with Crippen molar-refractivity contribution in [3.05, 3.63) is 23.8 Å². The molecule has 0 radical (unpaired) electrons. The summed E-state index contributed by atoms with van der Waals surface area (Å²) in [5, 5.41) is 3.14. The fourth-order valence-electron chi connectivity index (χ4n) is 2.75. The van der Waals surface area contributed by atoms with E-state index in [9.17, 15) is 4.79 Å². The van der Waals surface area contributed by atoms with Crippen molar-refractivity contribution < 1.29 is 14.3 Å². The van der Waals surface area contributed by atoms with Gasteiger partial charge in [-0.2, -0.15) is 0 Å². The Bertz CT molecular complexity index is 497. The van der Waals surface area contributed by atoms with Gasteiger partial charge in [0.15, 0.2) is 11.5 Å². The van der Waals surface area contributed by atoms with E-state index in [2.05, 4.69) is 17.3 Å². The monoisotopic (exact) mass is 306 g/mol. The normalized spacial score (nSPS) is 16.3. The minimum atomic E-state index is 0.129. The molecule has 0 unspecified atom stereocenters. The first-order chi connectivity index (χ1) is 10.6. The highest BCUT2D eigenvalue weighted by atomic mass is 16.5. The van der Waals surface area contributed by atoms with E-state index in [1.54, 1.807) is 14.2 Å². The van der Waals surface area contributed by atoms with Gasteiger partial charge in [-0.1, -0.05) is 6.07 Å². The van der Waals surface area contributed by atoms with E-state index in [0.717, 1.165) is 31.5 Å². The van der Waals surface area contributed by atoms with Crippen LogP contribution in [0.25, 0.3) is 0 Å². The van der Waals surface area contributed by atoms with Crippen LogP contribution in [0.3, 0.4) is 0 Å². The zero-order valence-electron chi connectivity index (χ0n) is 13.7. The molecule has 1 aromatic carbocycles. The van der Waals surface area contributed by atoms with Crippen molar-refractivity contribution in [2.75, 3.05) is 34.4 Å². The standard InChI is InChI=1S/C17H26N2O3/c1-19-10-8-14(9-11-19)18-17(20)7-5-13-4-6-15(21-2)16(12-13)22-3/h4,6,12,14H,5,7-11H2,1-3H3,(H,18,20). The molecule has 1 amide bonds. The van der Waals surface area contributed by atoms with Crippen LogP contribution >= 0.6 is 0 Å². The highest BCUT2D eigenvalue weighted by Gasteiger charge is 2.18. The number of nitrogens with zero attached hydrogens (tertiary/aromatic N) is 1. The summed E-state index contributed by atoms with van der Waals surface area (Å²) in [5.41, 5.74) is 1.08. The summed E-state index contributed by atoms with van der Waals surface area (Å²) in [6, 6.07) is 6.11. The maximum absolute atomic E-state index is 12.1. The number of rotatable bonds is 6. The first-order valence-corrected chi connectivity index (χ1v) is 7.81. The van der Waals surface area contributed by atoms with Gasteiger partial charge in [-0.15, -0.1) is 0 Å². The summed E-state index contributed by atoms with van der Waals surface area (Å²) < 4.78 is 10.5. The zero-order valence-corrected chi connectivity index (χ0v) is 13.7. The first kappa shape index (κ1) is 16.6. The second kappa shape index (κ2) is 8.03. The molecule has 0 aromatic heterocycles. The van der Waals surface area contributed by atoms with Gasteiger partial charge in [0.1, 0.15) is 0 Å². The van der Waals surface area contributed by atoms with Crippen molar-refractivity contribution in [3.63, 3.8) is 0 Å². The van der Waals surface area contributed by atoms with Crippen LogP contribution in [-0.4, -0.2) is 51.2 Å². The summed E-state index contributed by atoms with van der Waals surface area (Å²) in [7, 11) is 5.36. The van der Waals surface area contributed by atoms with Gasteiger partial charge in [-0.25, -0.2) is 0 Å². The lowest BCUT2D eigenvalue weighted by Crippen LogP contribution is -2.43. The second-order valence-electron chi connectivity index (χ2n) is 5.83. The maximum atomic E-state index is 12.1. The Balaban J connectivity index is 1.81. The molecule has 5 heteroatoms. The van der Waals surface area contributed by atoms with Crippen LogP contribution in [0.1, 0.15) is 24.8 Å². The van der Waals surface area contributed by atoms with Gasteiger partial charge in [-0.05, 0) is 57.1 Å². The predicted octanol–water partition coefficient (Wildman–Crippen LogP) is 1.85. The number of benzene rings is 1. The van der Waals surface area contributed by atoms with Gasteiger partial charge in [0, 0.05) is 12.5 Å². The van der Waals surface area contributed by atoms with E-state index in [1.807, 2.05) is 18.2 Å². The minimum Gasteiger partial charge on any atom is -0.493 e. The molecule has 0 bridgehead atoms. The van der Waals surface area contributed by atoms with Crippen LogP contribution < -0.4 is 14.8 Å². The predicted molar refractivity (Wildman–Crippen MR) is 86.5 cm³/mol. The molecular weight excluding hydrogens is 280 g/mol. The van der Waals surface area contributed by atoms with Crippen molar-refractivity contribution in [1.29, 1.82) is 0 Å². The van der Waals surface area contributed by atoms with E-state index in [-0.39, 0.29) is 5.91 Å². The lowest BCUT2D eigenvalue weighted by atomic mass is 10.0. The topological polar surface area (TPSA) is 50.8 Å². The summed E-state index contributed by atoms with van der Waals surface area (Å²) in [6.45, 7) is 2.11. The Morgan fingerprint density at radius 3 is 2.55 bits per heavy atom. The Morgan fingerprint density at radius 2 is 1.91 bits per heavy atom. The number of nitrogens with one attached hydrogen (secondary N) is 1. The summed E-state index contributed by atoms with van der Waals surface area (Å²) in [4.78, 5) is 14.4. The van der Waals surface area contributed by atoms with Crippen LogP contribution in [0.5, 0.6) is 11.5 Å². The Labute approximate surface area is 132 Å². The molecule has 1 aliphatic heterocycles. The van der Waals surface area contributed by atoms with Gasteiger partial charge in [0.2, 0.25) is 5.91 Å². The molecule has 1 N–H and O–H groups in total. The molecule has 1 aromatic rings. The summed E-state index contributed by atoms with van der Waals surface area (Å²) in [5.74, 6) is 1.54. The number of aryl methyl sites for hydroxylation is 1. The lowest BCUT2D eigenvalue weighted by Gasteiger charge is -2.29. The molecule has 122 valence electrons. The maximum Gasteiger partial charge on any atom is 0.220 e. The SMILES string of the molecule is COc1ccc(CCC(=O)NC2CCN(C)CC2)cc1OC. The third-order valence-electron chi connectivity index (χ3n) is 4.17. The quantitative estimate of drug-likeness (QED) is 0.871. The number of carbonyl (C=O) groups excluding carboxylic acids is 1. The van der Waals surface area contributed by atoms with E-state index in [0.29, 0.717) is 30.4 Å². The van der Waals surface area contributed by atoms with E-state index in [1.165, 1.54) is 0 Å². The van der Waals surface area contributed by atoms with Gasteiger partial charge in [0.05, 0.1) is 14.2 Å². The molecule has 1 saturated heterocycles. The van der Waals surface area contributed by atoms with Crippen molar-refractivity contribution in [1.82, 2.24) is 10.2 Å². The van der Waals surface area contributed by atoms with Gasteiger partial charge >= 0.3 is 0 Å². The largest absolute Gasteiger partial charge is 0.493 e. The first-order valence-electron chi connectivity index (χ1n) is 7.81. The average Bonchev–Trinajstić information content (AvgIpc) is 2.54. The van der Waals surface area contributed by atoms with Gasteiger partial charge < -0.3 is 19.7 Å². The average molecular weight is 306 g/mol. The van der Waals surface area contributed by atoms with Gasteiger partial charge in [-0.3, -0.25) is 4.79 Å². The summed E-state index contributed by atoms with van der Waals surface area (Å²) in [6.07, 6.45) is 3.29. The molecule has 2 rings (SSSR count). The third-order valence-corrected chi connectivity index (χ3v) is 4.17. The van der Waals surface area contributed by atoms with Crippen molar-refractivity contribution in [2.24, 2.45) is 0 Å². The fourth-order valence-corrected chi connectivity index (χ4v) is 2.75. The molecule has 1 aliphatic rings. The smallest absolute Gasteiger partial charge is 0.220 e. The molecule has 0 atom stereocenters. The number of methoxy groups -OCH3 is 2. The summed E-state index contributed by atoms with van der Waals surface area (Å²) >= 11 is 0. The van der Waals surface area contributed by atoms with Gasteiger partial charge in [0.25, 0.3) is 0 Å².